The molecule has 0 heterocycles. The number of carbonyl (C=O) groups is 2. The predicted molar refractivity (Wildman–Crippen MR) is 77.2 cm³/mol. The van der Waals surface area contributed by atoms with Gasteiger partial charge in [0.25, 0.3) is 11.7 Å². The van der Waals surface area contributed by atoms with E-state index in [4.69, 9.17) is 0 Å². The number of hydrogen-bond acceptors (Lipinski definition) is 3. The molecule has 23 heavy (non-hydrogen) atoms. The lowest BCUT2D eigenvalue weighted by Crippen LogP contribution is -2.22. The molecule has 4 nitrogen and oxygen atoms in total. The lowest BCUT2D eigenvalue weighted by atomic mass is 10.1. The normalized spacial score (nSPS) is 10.5. The van der Waals surface area contributed by atoms with Crippen molar-refractivity contribution in [2.45, 2.75) is 13.5 Å². The maximum atomic E-state index is 13.5. The third-order valence-corrected chi connectivity index (χ3v) is 2.93. The number of aryl methyl sites for hydroxylation is 1. The lowest BCUT2D eigenvalue weighted by Gasteiger charge is -2.08. The summed E-state index contributed by atoms with van der Waals surface area (Å²) in [6.45, 7) is -1.33. The first-order chi connectivity index (χ1) is 10.9. The van der Waals surface area contributed by atoms with Gasteiger partial charge in [0, 0.05) is 17.3 Å². The van der Waals surface area contributed by atoms with Crippen LogP contribution in [0.2, 0.25) is 0 Å². The standard InChI is InChI=1S/C16H12F3NO3/c1-9-2-4-10(5-3-9)14(21)15(22)20-11-6-7-13(12(17)8-11)23-16(18)19/h2-8,16H,1H3,(H,20,22). The van der Waals surface area contributed by atoms with Gasteiger partial charge in [0.15, 0.2) is 11.6 Å². The van der Waals surface area contributed by atoms with Gasteiger partial charge in [-0.3, -0.25) is 9.59 Å². The van der Waals surface area contributed by atoms with E-state index in [0.717, 1.165) is 23.8 Å². The predicted octanol–water partition coefficient (Wildman–Crippen LogP) is 3.56. The van der Waals surface area contributed by atoms with Crippen molar-refractivity contribution in [2.24, 2.45) is 0 Å². The Hall–Kier alpha value is -2.83. The van der Waals surface area contributed by atoms with Crippen LogP contribution in [0.15, 0.2) is 42.5 Å². The number of ether oxygens (including phenoxy) is 1. The van der Waals surface area contributed by atoms with Crippen molar-refractivity contribution < 1.29 is 27.5 Å². The van der Waals surface area contributed by atoms with Gasteiger partial charge in [-0.1, -0.05) is 29.8 Å². The molecule has 0 aliphatic carbocycles. The molecular weight excluding hydrogens is 311 g/mol. The van der Waals surface area contributed by atoms with Gasteiger partial charge in [0.2, 0.25) is 0 Å². The Kier molecular flexibility index (Phi) is 5.00. The molecule has 0 unspecified atom stereocenters. The van der Waals surface area contributed by atoms with E-state index >= 15 is 0 Å². The monoisotopic (exact) mass is 323 g/mol. The molecule has 1 amide bonds. The largest absolute Gasteiger partial charge is 0.432 e. The second-order valence-electron chi connectivity index (χ2n) is 4.67. The molecule has 1 N–H and O–H groups in total. The first kappa shape index (κ1) is 16.5. The SMILES string of the molecule is Cc1ccc(C(=O)C(=O)Nc2ccc(OC(F)F)c(F)c2)cc1. The zero-order valence-electron chi connectivity index (χ0n) is 12.0. The van der Waals surface area contributed by atoms with E-state index in [-0.39, 0.29) is 11.3 Å². The molecule has 2 aromatic carbocycles. The van der Waals surface area contributed by atoms with E-state index in [0.29, 0.717) is 0 Å². The zero-order chi connectivity index (χ0) is 17.0. The summed E-state index contributed by atoms with van der Waals surface area (Å²) in [5.74, 6) is -3.48. The van der Waals surface area contributed by atoms with Crippen molar-refractivity contribution in [3.05, 3.63) is 59.4 Å². The van der Waals surface area contributed by atoms with Crippen LogP contribution in [-0.2, 0) is 4.79 Å². The van der Waals surface area contributed by atoms with Crippen LogP contribution in [0, 0.1) is 12.7 Å². The molecule has 0 aliphatic heterocycles. The van der Waals surface area contributed by atoms with Crippen molar-refractivity contribution in [2.75, 3.05) is 5.32 Å². The molecule has 0 aromatic heterocycles. The van der Waals surface area contributed by atoms with Crippen molar-refractivity contribution in [3.63, 3.8) is 0 Å². The van der Waals surface area contributed by atoms with Gasteiger partial charge in [0.05, 0.1) is 0 Å². The van der Waals surface area contributed by atoms with E-state index in [1.807, 2.05) is 6.92 Å². The molecule has 2 aromatic rings. The van der Waals surface area contributed by atoms with Gasteiger partial charge in [0.1, 0.15) is 0 Å². The molecule has 7 heteroatoms. The summed E-state index contributed by atoms with van der Waals surface area (Å²) in [4.78, 5) is 23.8. The number of amides is 1. The quantitative estimate of drug-likeness (QED) is 0.676. The lowest BCUT2D eigenvalue weighted by molar-refractivity contribution is -0.112. The highest BCUT2D eigenvalue weighted by molar-refractivity contribution is 6.46. The minimum Gasteiger partial charge on any atom is -0.432 e. The number of carbonyl (C=O) groups excluding carboxylic acids is 2. The number of alkyl halides is 2. The maximum Gasteiger partial charge on any atom is 0.387 e. The number of benzene rings is 2. The number of anilines is 1. The van der Waals surface area contributed by atoms with Gasteiger partial charge in [-0.05, 0) is 19.1 Å². The molecular formula is C16H12F3NO3. The van der Waals surface area contributed by atoms with Gasteiger partial charge >= 0.3 is 6.61 Å². The number of hydrogen-bond donors (Lipinski definition) is 1. The van der Waals surface area contributed by atoms with Crippen LogP contribution in [0.5, 0.6) is 5.75 Å². The average Bonchev–Trinajstić information content (AvgIpc) is 2.49. The minimum atomic E-state index is -3.16. The highest BCUT2D eigenvalue weighted by Crippen LogP contribution is 2.23. The third kappa shape index (κ3) is 4.32. The summed E-state index contributed by atoms with van der Waals surface area (Å²) >= 11 is 0. The van der Waals surface area contributed by atoms with E-state index in [1.54, 1.807) is 12.1 Å². The minimum absolute atomic E-state index is 0.0467. The Bertz CT molecular complexity index is 730. The average molecular weight is 323 g/mol. The molecule has 2 rings (SSSR count). The van der Waals surface area contributed by atoms with E-state index in [1.165, 1.54) is 12.1 Å². The molecule has 0 radical (unpaired) electrons. The van der Waals surface area contributed by atoms with Gasteiger partial charge in [-0.15, -0.1) is 0 Å². The summed E-state index contributed by atoms with van der Waals surface area (Å²) in [5.41, 5.74) is 1.07. The van der Waals surface area contributed by atoms with Crippen LogP contribution in [-0.4, -0.2) is 18.3 Å². The smallest absolute Gasteiger partial charge is 0.387 e. The molecule has 0 aliphatic rings. The fourth-order valence-corrected chi connectivity index (χ4v) is 1.79. The maximum absolute atomic E-state index is 13.5. The van der Waals surface area contributed by atoms with Crippen molar-refractivity contribution >= 4 is 17.4 Å². The van der Waals surface area contributed by atoms with Crippen LogP contribution in [0.4, 0.5) is 18.9 Å². The van der Waals surface area contributed by atoms with Crippen LogP contribution in [0.3, 0.4) is 0 Å². The highest BCUT2D eigenvalue weighted by atomic mass is 19.3. The molecule has 0 saturated carbocycles. The van der Waals surface area contributed by atoms with Gasteiger partial charge in [-0.25, -0.2) is 4.39 Å². The summed E-state index contributed by atoms with van der Waals surface area (Å²) in [7, 11) is 0. The number of rotatable bonds is 5. The Balaban J connectivity index is 2.09. The highest BCUT2D eigenvalue weighted by Gasteiger charge is 2.17. The van der Waals surface area contributed by atoms with E-state index in [2.05, 4.69) is 10.1 Å². The van der Waals surface area contributed by atoms with Crippen molar-refractivity contribution in [3.8, 4) is 5.75 Å². The molecule has 0 fully saturated rings. The molecule has 0 spiro atoms. The first-order valence-corrected chi connectivity index (χ1v) is 6.53. The summed E-state index contributed by atoms with van der Waals surface area (Å²) < 4.78 is 41.5. The zero-order valence-corrected chi connectivity index (χ0v) is 12.0. The van der Waals surface area contributed by atoms with Crippen molar-refractivity contribution in [1.29, 1.82) is 0 Å². The van der Waals surface area contributed by atoms with Gasteiger partial charge < -0.3 is 10.1 Å². The Labute approximate surface area is 129 Å². The summed E-state index contributed by atoms with van der Waals surface area (Å²) in [6, 6.07) is 9.23. The fourth-order valence-electron chi connectivity index (χ4n) is 1.79. The number of Topliss-reactive ketones (excluding diaryl/α,β-unsaturated/α-hetero) is 1. The Morgan fingerprint density at radius 3 is 2.30 bits per heavy atom. The van der Waals surface area contributed by atoms with Crippen LogP contribution in [0.1, 0.15) is 15.9 Å². The number of halogens is 3. The fraction of sp³-hybridized carbons (Fsp3) is 0.125. The number of ketones is 1. The third-order valence-electron chi connectivity index (χ3n) is 2.93. The Morgan fingerprint density at radius 2 is 1.74 bits per heavy atom. The van der Waals surface area contributed by atoms with Crippen LogP contribution in [0.25, 0.3) is 0 Å². The van der Waals surface area contributed by atoms with Crippen LogP contribution < -0.4 is 10.1 Å². The molecule has 0 atom stereocenters. The summed E-state index contributed by atoms with van der Waals surface area (Å²) in [6.07, 6.45) is 0. The second kappa shape index (κ2) is 6.95. The second-order valence-corrected chi connectivity index (χ2v) is 4.67. The van der Waals surface area contributed by atoms with E-state index in [9.17, 15) is 22.8 Å². The Morgan fingerprint density at radius 1 is 1.09 bits per heavy atom. The van der Waals surface area contributed by atoms with Crippen molar-refractivity contribution in [1.82, 2.24) is 0 Å². The topological polar surface area (TPSA) is 55.4 Å². The summed E-state index contributed by atoms with van der Waals surface area (Å²) in [5, 5.41) is 2.20. The van der Waals surface area contributed by atoms with E-state index < -0.39 is 29.9 Å². The number of nitrogens with one attached hydrogen (secondary N) is 1. The molecule has 120 valence electrons. The van der Waals surface area contributed by atoms with Crippen LogP contribution >= 0.6 is 0 Å². The first-order valence-electron chi connectivity index (χ1n) is 6.53. The molecule has 0 saturated heterocycles. The van der Waals surface area contributed by atoms with Gasteiger partial charge in [-0.2, -0.15) is 8.78 Å². The molecule has 0 bridgehead atoms.